The molecule has 0 heterocycles. The van der Waals surface area contributed by atoms with Gasteiger partial charge in [0.2, 0.25) is 0 Å². The molecular formula is C30H46N4O. The molecule has 35 heavy (non-hydrogen) atoms. The van der Waals surface area contributed by atoms with Crippen molar-refractivity contribution < 1.29 is 4.74 Å². The highest BCUT2D eigenvalue weighted by molar-refractivity contribution is 5.93. The fourth-order valence-corrected chi connectivity index (χ4v) is 3.16. The van der Waals surface area contributed by atoms with Gasteiger partial charge in [-0.2, -0.15) is 0 Å². The molecule has 0 fully saturated rings. The average molecular weight is 479 g/mol. The van der Waals surface area contributed by atoms with Gasteiger partial charge in [0, 0.05) is 23.8 Å². The predicted octanol–water partition coefficient (Wildman–Crippen LogP) is 7.01. The van der Waals surface area contributed by atoms with E-state index in [9.17, 15) is 0 Å². The molecule has 0 aromatic heterocycles. The zero-order valence-corrected chi connectivity index (χ0v) is 22.0. The minimum atomic E-state index is 0.148. The van der Waals surface area contributed by atoms with Crippen molar-refractivity contribution in [2.75, 3.05) is 6.54 Å². The molecule has 0 rings (SSSR count). The van der Waals surface area contributed by atoms with Crippen LogP contribution in [0, 0.1) is 5.41 Å². The van der Waals surface area contributed by atoms with Gasteiger partial charge in [-0.25, -0.2) is 0 Å². The Morgan fingerprint density at radius 3 is 2.34 bits per heavy atom. The largest absolute Gasteiger partial charge is 0.441 e. The Bertz CT molecular complexity index is 895. The van der Waals surface area contributed by atoms with Gasteiger partial charge in [-0.05, 0) is 61.7 Å². The lowest BCUT2D eigenvalue weighted by Crippen LogP contribution is -2.07. The minimum Gasteiger partial charge on any atom is -0.441 e. The average Bonchev–Trinajstić information content (AvgIpc) is 2.83. The van der Waals surface area contributed by atoms with Crippen molar-refractivity contribution in [3.05, 3.63) is 108 Å². The Morgan fingerprint density at radius 1 is 1.03 bits per heavy atom. The third-order valence-electron chi connectivity index (χ3n) is 5.16. The molecule has 5 nitrogen and oxygen atoms in total. The molecule has 0 aromatic rings. The zero-order chi connectivity index (χ0) is 26.5. The van der Waals surface area contributed by atoms with Crippen molar-refractivity contribution in [1.29, 1.82) is 5.41 Å². The fraction of sp³-hybridized carbons (Fsp3) is 0.367. The Labute approximate surface area is 213 Å². The summed E-state index contributed by atoms with van der Waals surface area (Å²) in [5.74, 6) is 0.756. The number of hydrogen-bond acceptors (Lipinski definition) is 5. The smallest absolute Gasteiger partial charge is 0.192 e. The number of ether oxygens (including phenoxy) is 1. The summed E-state index contributed by atoms with van der Waals surface area (Å²) in [5.41, 5.74) is 21.6. The topological polar surface area (TPSA) is 111 Å². The van der Waals surface area contributed by atoms with Crippen LogP contribution in [0.15, 0.2) is 108 Å². The van der Waals surface area contributed by atoms with Gasteiger partial charge >= 0.3 is 0 Å². The molecule has 0 atom stereocenters. The molecule has 192 valence electrons. The van der Waals surface area contributed by atoms with Gasteiger partial charge in [-0.1, -0.05) is 88.8 Å². The third-order valence-corrected chi connectivity index (χ3v) is 5.16. The molecule has 0 bridgehead atoms. The van der Waals surface area contributed by atoms with Gasteiger partial charge in [-0.15, -0.1) is 0 Å². The molecule has 0 amide bonds. The van der Waals surface area contributed by atoms with E-state index in [1.165, 1.54) is 17.8 Å². The maximum atomic E-state index is 8.14. The first-order valence-corrected chi connectivity index (χ1v) is 12.4. The summed E-state index contributed by atoms with van der Waals surface area (Å²) in [6.45, 7) is 15.1. The van der Waals surface area contributed by atoms with Crippen LogP contribution in [0.3, 0.4) is 0 Å². The van der Waals surface area contributed by atoms with Crippen molar-refractivity contribution in [1.82, 2.24) is 0 Å². The first-order valence-electron chi connectivity index (χ1n) is 12.4. The highest BCUT2D eigenvalue weighted by Gasteiger charge is 2.10. The van der Waals surface area contributed by atoms with Crippen LogP contribution >= 0.6 is 0 Å². The van der Waals surface area contributed by atoms with Crippen LogP contribution in [0.5, 0.6) is 0 Å². The van der Waals surface area contributed by atoms with E-state index in [2.05, 4.69) is 46.1 Å². The van der Waals surface area contributed by atoms with Gasteiger partial charge < -0.3 is 27.3 Å². The maximum absolute atomic E-state index is 8.14. The molecule has 0 radical (unpaired) electrons. The van der Waals surface area contributed by atoms with Crippen LogP contribution in [-0.4, -0.2) is 12.3 Å². The van der Waals surface area contributed by atoms with Gasteiger partial charge in [0.1, 0.15) is 5.76 Å². The molecule has 0 unspecified atom stereocenters. The van der Waals surface area contributed by atoms with Crippen molar-refractivity contribution >= 4 is 5.71 Å². The van der Waals surface area contributed by atoms with E-state index in [-0.39, 0.29) is 5.88 Å². The second-order valence-electron chi connectivity index (χ2n) is 7.98. The van der Waals surface area contributed by atoms with Gasteiger partial charge in [0.15, 0.2) is 5.88 Å². The standard InChI is InChI=1S/C30H46N4O/c1-6-10-12-15-26(19-21-32)18-17-24(5)28(9-4)29(22-25(7-2)8-3)35-30(34)23-27(33)16-13-11-14-20-31/h7,11,13-15,17-18,20,22-23,33H,2,5-6,8-10,12,16,19,21,31-32,34H2,1,3-4H3/b13-11-,18-17-,20-14-,25-22+,26-15+,29-28-,30-23+,33-27?. The minimum absolute atomic E-state index is 0.148. The van der Waals surface area contributed by atoms with E-state index in [1.807, 2.05) is 24.3 Å². The molecular weight excluding hydrogens is 432 g/mol. The fourth-order valence-electron chi connectivity index (χ4n) is 3.16. The van der Waals surface area contributed by atoms with Crippen LogP contribution in [-0.2, 0) is 4.74 Å². The molecule has 0 saturated heterocycles. The summed E-state index contributed by atoms with van der Waals surface area (Å²) in [6, 6.07) is 0. The Hall–Kier alpha value is -3.31. The number of hydrogen-bond donors (Lipinski definition) is 4. The summed E-state index contributed by atoms with van der Waals surface area (Å²) in [5, 5.41) is 8.14. The summed E-state index contributed by atoms with van der Waals surface area (Å²) in [7, 11) is 0. The molecule has 0 aliphatic carbocycles. The summed E-state index contributed by atoms with van der Waals surface area (Å²) in [6.07, 6.45) is 24.5. The van der Waals surface area contributed by atoms with Crippen LogP contribution in [0.1, 0.15) is 65.7 Å². The second kappa shape index (κ2) is 20.1. The van der Waals surface area contributed by atoms with Crippen molar-refractivity contribution in [2.45, 2.75) is 65.7 Å². The highest BCUT2D eigenvalue weighted by atomic mass is 16.5. The van der Waals surface area contributed by atoms with Crippen molar-refractivity contribution in [3.8, 4) is 0 Å². The molecule has 0 saturated carbocycles. The van der Waals surface area contributed by atoms with Gasteiger partial charge in [-0.3, -0.25) is 0 Å². The number of nitrogens with two attached hydrogens (primary N) is 3. The van der Waals surface area contributed by atoms with E-state index in [4.69, 9.17) is 27.3 Å². The van der Waals surface area contributed by atoms with Gasteiger partial charge in [0.05, 0.1) is 0 Å². The molecule has 0 spiro atoms. The van der Waals surface area contributed by atoms with Crippen LogP contribution in [0.4, 0.5) is 0 Å². The van der Waals surface area contributed by atoms with E-state index in [0.29, 0.717) is 30.9 Å². The molecule has 0 aliphatic heterocycles. The first kappa shape index (κ1) is 31.7. The van der Waals surface area contributed by atoms with E-state index in [0.717, 1.165) is 48.8 Å². The van der Waals surface area contributed by atoms with Crippen molar-refractivity contribution in [3.63, 3.8) is 0 Å². The SMILES string of the molecule is C=C/C(=C\C(O/C(N)=C/C(=N)C/C=C\C=C/N)=C(/CC)C(=C)/C=C\C(=C/CCCC)CCN)CC. The highest BCUT2D eigenvalue weighted by Crippen LogP contribution is 2.24. The number of rotatable bonds is 18. The second-order valence-corrected chi connectivity index (χ2v) is 7.98. The Balaban J connectivity index is 6.05. The number of nitrogens with one attached hydrogen (secondary N) is 1. The predicted molar refractivity (Wildman–Crippen MR) is 154 cm³/mol. The van der Waals surface area contributed by atoms with Gasteiger partial charge in [0.25, 0.3) is 0 Å². The molecule has 0 aromatic carbocycles. The summed E-state index contributed by atoms with van der Waals surface area (Å²) in [4.78, 5) is 0. The third kappa shape index (κ3) is 14.5. The summed E-state index contributed by atoms with van der Waals surface area (Å²) < 4.78 is 6.06. The quantitative estimate of drug-likeness (QED) is 0.0735. The number of allylic oxidation sites excluding steroid dienone is 12. The van der Waals surface area contributed by atoms with Crippen molar-refractivity contribution in [2.24, 2.45) is 17.2 Å². The van der Waals surface area contributed by atoms with E-state index < -0.39 is 0 Å². The lowest BCUT2D eigenvalue weighted by atomic mass is 9.99. The lowest BCUT2D eigenvalue weighted by molar-refractivity contribution is 0.311. The van der Waals surface area contributed by atoms with E-state index in [1.54, 1.807) is 12.2 Å². The number of unbranched alkanes of at least 4 members (excludes halogenated alkanes) is 2. The Kier molecular flexibility index (Phi) is 18.2. The normalized spacial score (nSPS) is 14.1. The first-order chi connectivity index (χ1) is 16.9. The lowest BCUT2D eigenvalue weighted by Gasteiger charge is -2.15. The van der Waals surface area contributed by atoms with Crippen LogP contribution in [0.2, 0.25) is 0 Å². The van der Waals surface area contributed by atoms with Crippen LogP contribution < -0.4 is 17.2 Å². The molecule has 5 heteroatoms. The van der Waals surface area contributed by atoms with Crippen LogP contribution in [0.25, 0.3) is 0 Å². The maximum Gasteiger partial charge on any atom is 0.192 e. The molecule has 7 N–H and O–H groups in total. The molecule has 0 aliphatic rings. The Morgan fingerprint density at radius 2 is 1.77 bits per heavy atom. The van der Waals surface area contributed by atoms with E-state index >= 15 is 0 Å². The monoisotopic (exact) mass is 478 g/mol. The summed E-state index contributed by atoms with van der Waals surface area (Å²) >= 11 is 0. The zero-order valence-electron chi connectivity index (χ0n) is 22.0.